The molecule has 0 unspecified atom stereocenters. The number of nitrogens with one attached hydrogen (secondary N) is 1. The Morgan fingerprint density at radius 3 is 2.54 bits per heavy atom. The summed E-state index contributed by atoms with van der Waals surface area (Å²) in [5.41, 5.74) is 0.907. The maximum absolute atomic E-state index is 12.3. The van der Waals surface area contributed by atoms with Gasteiger partial charge in [-0.1, -0.05) is 12.1 Å². The average molecular weight is 328 g/mol. The van der Waals surface area contributed by atoms with E-state index in [0.717, 1.165) is 0 Å². The molecule has 0 fully saturated rings. The van der Waals surface area contributed by atoms with Gasteiger partial charge in [0, 0.05) is 5.56 Å². The number of carbonyl (C=O) groups excluding carboxylic acids is 2. The van der Waals surface area contributed by atoms with Gasteiger partial charge in [-0.15, -0.1) is 0 Å². The third kappa shape index (κ3) is 3.40. The summed E-state index contributed by atoms with van der Waals surface area (Å²) in [5.74, 6) is -0.898. The molecule has 1 heterocycles. The first kappa shape index (κ1) is 15.7. The summed E-state index contributed by atoms with van der Waals surface area (Å²) >= 11 is 0. The van der Waals surface area contributed by atoms with Crippen molar-refractivity contribution in [1.82, 2.24) is 5.32 Å². The summed E-state index contributed by atoms with van der Waals surface area (Å²) in [6.45, 7) is 0.0862. The highest BCUT2D eigenvalue weighted by atomic mass is 16.7. The number of rotatable bonds is 5. The minimum atomic E-state index is -1.39. The number of carboxylic acid groups (broad SMARTS) is 1. The van der Waals surface area contributed by atoms with Gasteiger partial charge in [0.15, 0.2) is 11.5 Å². The molecule has 7 nitrogen and oxygen atoms in total. The van der Waals surface area contributed by atoms with Crippen molar-refractivity contribution in [2.45, 2.75) is 12.5 Å². The van der Waals surface area contributed by atoms with E-state index in [9.17, 15) is 19.8 Å². The molecule has 0 radical (unpaired) electrons. The average Bonchev–Trinajstić information content (AvgIpc) is 3.03. The van der Waals surface area contributed by atoms with Crippen LogP contribution >= 0.6 is 0 Å². The van der Waals surface area contributed by atoms with Gasteiger partial charge in [0.25, 0.3) is 5.91 Å². The Morgan fingerprint density at radius 2 is 1.83 bits per heavy atom. The molecule has 0 spiro atoms. The number of amides is 1. The van der Waals surface area contributed by atoms with Crippen LogP contribution in [0, 0.1) is 0 Å². The number of aliphatic carboxylic acids is 1. The Labute approximate surface area is 137 Å². The van der Waals surface area contributed by atoms with Crippen molar-refractivity contribution in [3.63, 3.8) is 0 Å². The highest BCUT2D eigenvalue weighted by Gasteiger charge is 2.19. The Kier molecular flexibility index (Phi) is 4.24. The molecule has 1 amide bonds. The quantitative estimate of drug-likeness (QED) is 0.812. The van der Waals surface area contributed by atoms with Gasteiger partial charge in [0.1, 0.15) is 5.75 Å². The number of carbonyl (C=O) groups is 2. The maximum Gasteiger partial charge on any atom is 0.251 e. The molecule has 3 rings (SSSR count). The first-order valence-electron chi connectivity index (χ1n) is 7.22. The lowest BCUT2D eigenvalue weighted by molar-refractivity contribution is -0.308. The summed E-state index contributed by atoms with van der Waals surface area (Å²) in [6, 6.07) is 9.46. The smallest absolute Gasteiger partial charge is 0.251 e. The van der Waals surface area contributed by atoms with Gasteiger partial charge in [0.2, 0.25) is 6.79 Å². The second-order valence-electron chi connectivity index (χ2n) is 5.28. The number of carboxylic acids is 1. The van der Waals surface area contributed by atoms with Gasteiger partial charge >= 0.3 is 0 Å². The van der Waals surface area contributed by atoms with Crippen molar-refractivity contribution in [3.8, 4) is 17.2 Å². The molecule has 1 aliphatic rings. The van der Waals surface area contributed by atoms with Crippen LogP contribution in [-0.4, -0.2) is 29.8 Å². The summed E-state index contributed by atoms with van der Waals surface area (Å²) in [5, 5.41) is 23.0. The first-order valence-corrected chi connectivity index (χ1v) is 7.22. The molecule has 0 aliphatic carbocycles. The number of fused-ring (bicyclic) bond motifs is 1. The van der Waals surface area contributed by atoms with E-state index in [-0.39, 0.29) is 24.5 Å². The van der Waals surface area contributed by atoms with E-state index >= 15 is 0 Å². The van der Waals surface area contributed by atoms with Crippen molar-refractivity contribution in [1.29, 1.82) is 0 Å². The molecule has 2 aromatic rings. The van der Waals surface area contributed by atoms with Crippen molar-refractivity contribution in [2.75, 3.05) is 6.79 Å². The van der Waals surface area contributed by atoms with E-state index in [1.807, 2.05) is 0 Å². The van der Waals surface area contributed by atoms with Crippen LogP contribution in [0.25, 0.3) is 0 Å². The molecule has 0 saturated heterocycles. The van der Waals surface area contributed by atoms with E-state index < -0.39 is 17.9 Å². The van der Waals surface area contributed by atoms with Crippen LogP contribution in [0.1, 0.15) is 15.9 Å². The fourth-order valence-electron chi connectivity index (χ4n) is 2.34. The Balaban J connectivity index is 1.72. The van der Waals surface area contributed by atoms with Crippen molar-refractivity contribution >= 4 is 11.9 Å². The molecule has 0 aromatic heterocycles. The van der Waals surface area contributed by atoms with E-state index in [4.69, 9.17) is 9.47 Å². The SMILES string of the molecule is O=C(N[C@H](Cc1ccc(O)cc1)C(=O)[O-])c1ccc2c(c1)OCO2. The number of hydrogen-bond acceptors (Lipinski definition) is 6. The number of benzene rings is 2. The monoisotopic (exact) mass is 328 g/mol. The van der Waals surface area contributed by atoms with Crippen LogP contribution in [0.4, 0.5) is 0 Å². The maximum atomic E-state index is 12.3. The summed E-state index contributed by atoms with van der Waals surface area (Å²) in [6.07, 6.45) is 0.0406. The number of hydrogen-bond donors (Lipinski definition) is 2. The molecule has 7 heteroatoms. The van der Waals surface area contributed by atoms with Crippen molar-refractivity contribution < 1.29 is 29.3 Å². The van der Waals surface area contributed by atoms with Gasteiger partial charge in [-0.05, 0) is 42.3 Å². The van der Waals surface area contributed by atoms with E-state index in [0.29, 0.717) is 17.1 Å². The lowest BCUT2D eigenvalue weighted by atomic mass is 10.1. The molecule has 1 aliphatic heterocycles. The summed E-state index contributed by atoms with van der Waals surface area (Å²) in [7, 11) is 0. The predicted octanol–water partition coefficient (Wildman–Crippen LogP) is 0.212. The molecule has 2 N–H and O–H groups in total. The Morgan fingerprint density at radius 1 is 1.12 bits per heavy atom. The second kappa shape index (κ2) is 6.49. The molecular weight excluding hydrogens is 314 g/mol. The molecule has 124 valence electrons. The number of aromatic hydroxyl groups is 1. The van der Waals surface area contributed by atoms with Gasteiger partial charge in [0.05, 0.1) is 12.0 Å². The zero-order chi connectivity index (χ0) is 17.1. The molecule has 1 atom stereocenters. The normalized spacial score (nSPS) is 13.3. The zero-order valence-corrected chi connectivity index (χ0v) is 12.5. The summed E-state index contributed by atoms with van der Waals surface area (Å²) < 4.78 is 10.4. The topological polar surface area (TPSA) is 108 Å². The van der Waals surface area contributed by atoms with Gasteiger partial charge in [-0.3, -0.25) is 4.79 Å². The molecule has 2 aromatic carbocycles. The highest BCUT2D eigenvalue weighted by molar-refractivity contribution is 5.97. The minimum Gasteiger partial charge on any atom is -0.548 e. The molecule has 0 bridgehead atoms. The van der Waals surface area contributed by atoms with Crippen LogP contribution in [-0.2, 0) is 11.2 Å². The van der Waals surface area contributed by atoms with Gasteiger partial charge in [-0.2, -0.15) is 0 Å². The Hall–Kier alpha value is -3.22. The Bertz CT molecular complexity index is 771. The summed E-state index contributed by atoms with van der Waals surface area (Å²) in [4.78, 5) is 23.6. The predicted molar refractivity (Wildman–Crippen MR) is 80.6 cm³/mol. The van der Waals surface area contributed by atoms with Crippen LogP contribution in [0.3, 0.4) is 0 Å². The highest BCUT2D eigenvalue weighted by Crippen LogP contribution is 2.32. The number of ether oxygens (including phenoxy) is 2. The first-order chi connectivity index (χ1) is 11.5. The minimum absolute atomic E-state index is 0.0406. The molecular formula is C17H14NO6-. The van der Waals surface area contributed by atoms with Crippen molar-refractivity contribution in [2.24, 2.45) is 0 Å². The lowest BCUT2D eigenvalue weighted by Gasteiger charge is -2.20. The fraction of sp³-hybridized carbons (Fsp3) is 0.176. The third-order valence-corrected chi connectivity index (χ3v) is 3.60. The van der Waals surface area contributed by atoms with Crippen molar-refractivity contribution in [3.05, 3.63) is 53.6 Å². The van der Waals surface area contributed by atoms with Gasteiger partial charge in [-0.25, -0.2) is 0 Å². The van der Waals surface area contributed by atoms with E-state index in [1.165, 1.54) is 24.3 Å². The largest absolute Gasteiger partial charge is 0.548 e. The number of phenolic OH excluding ortho intramolecular Hbond substituents is 1. The van der Waals surface area contributed by atoms with E-state index in [1.54, 1.807) is 18.2 Å². The molecule has 24 heavy (non-hydrogen) atoms. The third-order valence-electron chi connectivity index (χ3n) is 3.60. The number of phenols is 1. The molecule has 0 saturated carbocycles. The zero-order valence-electron chi connectivity index (χ0n) is 12.5. The van der Waals surface area contributed by atoms with Crippen LogP contribution in [0.2, 0.25) is 0 Å². The van der Waals surface area contributed by atoms with Crippen LogP contribution < -0.4 is 19.9 Å². The van der Waals surface area contributed by atoms with Gasteiger partial charge < -0.3 is 29.8 Å². The lowest BCUT2D eigenvalue weighted by Crippen LogP contribution is -2.49. The van der Waals surface area contributed by atoms with Crippen LogP contribution in [0.15, 0.2) is 42.5 Å². The standard InChI is InChI=1S/C17H15NO6/c19-12-4-1-10(2-5-12)7-13(17(21)22)18-16(20)11-3-6-14-15(8-11)24-9-23-14/h1-6,8,13,19H,7,9H2,(H,18,20)(H,21,22)/p-1/t13-/m1/s1. The van der Waals surface area contributed by atoms with E-state index in [2.05, 4.69) is 5.32 Å². The fourth-order valence-corrected chi connectivity index (χ4v) is 2.34. The second-order valence-corrected chi connectivity index (χ2v) is 5.28. The van der Waals surface area contributed by atoms with Crippen LogP contribution in [0.5, 0.6) is 17.2 Å².